The van der Waals surface area contributed by atoms with E-state index in [4.69, 9.17) is 11.6 Å². The number of aromatic nitrogens is 2. The number of hydrogen-bond acceptors (Lipinski definition) is 2. The van der Waals surface area contributed by atoms with Crippen LogP contribution in [0.1, 0.15) is 11.3 Å². The van der Waals surface area contributed by atoms with E-state index in [0.29, 0.717) is 5.02 Å². The monoisotopic (exact) mass is 349 g/mol. The van der Waals surface area contributed by atoms with Crippen molar-refractivity contribution in [2.24, 2.45) is 0 Å². The third-order valence-corrected chi connectivity index (χ3v) is 3.71. The zero-order chi connectivity index (χ0) is 13.9. The van der Waals surface area contributed by atoms with E-state index in [2.05, 4.69) is 38.4 Å². The first-order chi connectivity index (χ1) is 9.70. The second-order valence-electron chi connectivity index (χ2n) is 4.58. The van der Waals surface area contributed by atoms with Crippen LogP contribution < -0.4 is 5.32 Å². The zero-order valence-electron chi connectivity index (χ0n) is 10.7. The molecule has 0 aliphatic heterocycles. The maximum atomic E-state index is 5.96. The van der Waals surface area contributed by atoms with Crippen molar-refractivity contribution in [3.8, 4) is 0 Å². The van der Waals surface area contributed by atoms with Gasteiger partial charge >= 0.3 is 0 Å². The van der Waals surface area contributed by atoms with E-state index in [1.165, 1.54) is 5.56 Å². The van der Waals surface area contributed by atoms with Crippen LogP contribution in [0.5, 0.6) is 0 Å². The SMILES string of the molecule is Clc1ccc2nc(CNCc3cccc(Br)c3)cn2c1. The second-order valence-corrected chi connectivity index (χ2v) is 5.93. The first kappa shape index (κ1) is 13.6. The van der Waals surface area contributed by atoms with Gasteiger partial charge in [0.15, 0.2) is 0 Å². The minimum absolute atomic E-state index is 0.712. The van der Waals surface area contributed by atoms with E-state index in [-0.39, 0.29) is 0 Å². The van der Waals surface area contributed by atoms with Crippen molar-refractivity contribution in [3.05, 3.63) is 69.5 Å². The molecule has 0 spiro atoms. The predicted molar refractivity (Wildman–Crippen MR) is 84.9 cm³/mol. The van der Waals surface area contributed by atoms with E-state index >= 15 is 0 Å². The summed E-state index contributed by atoms with van der Waals surface area (Å²) in [7, 11) is 0. The van der Waals surface area contributed by atoms with Gasteiger partial charge in [-0.25, -0.2) is 4.98 Å². The molecule has 102 valence electrons. The molecule has 0 saturated carbocycles. The molecule has 0 radical (unpaired) electrons. The van der Waals surface area contributed by atoms with Gasteiger partial charge in [0.05, 0.1) is 10.7 Å². The molecule has 0 aliphatic rings. The van der Waals surface area contributed by atoms with Crippen LogP contribution in [-0.4, -0.2) is 9.38 Å². The Morgan fingerprint density at radius 3 is 2.90 bits per heavy atom. The highest BCUT2D eigenvalue weighted by molar-refractivity contribution is 9.10. The molecule has 20 heavy (non-hydrogen) atoms. The van der Waals surface area contributed by atoms with Crippen molar-refractivity contribution in [1.29, 1.82) is 0 Å². The van der Waals surface area contributed by atoms with Crippen LogP contribution in [-0.2, 0) is 13.1 Å². The molecular weight excluding hydrogens is 338 g/mol. The van der Waals surface area contributed by atoms with E-state index in [9.17, 15) is 0 Å². The van der Waals surface area contributed by atoms with Gasteiger partial charge in [-0.1, -0.05) is 39.7 Å². The lowest BCUT2D eigenvalue weighted by molar-refractivity contribution is 0.682. The minimum atomic E-state index is 0.712. The molecule has 0 bridgehead atoms. The van der Waals surface area contributed by atoms with Gasteiger partial charge < -0.3 is 9.72 Å². The fourth-order valence-electron chi connectivity index (χ4n) is 2.08. The van der Waals surface area contributed by atoms with Crippen molar-refractivity contribution in [1.82, 2.24) is 14.7 Å². The Hall–Kier alpha value is -1.36. The highest BCUT2D eigenvalue weighted by Gasteiger charge is 2.02. The van der Waals surface area contributed by atoms with Crippen LogP contribution in [0.25, 0.3) is 5.65 Å². The van der Waals surface area contributed by atoms with Gasteiger partial charge in [-0.2, -0.15) is 0 Å². The molecule has 0 amide bonds. The Bertz CT molecular complexity index is 739. The summed E-state index contributed by atoms with van der Waals surface area (Å²) in [6, 6.07) is 12.0. The lowest BCUT2D eigenvalue weighted by Crippen LogP contribution is -2.12. The molecule has 2 heterocycles. The first-order valence-electron chi connectivity index (χ1n) is 6.29. The number of fused-ring (bicyclic) bond motifs is 1. The molecule has 3 nitrogen and oxygen atoms in total. The van der Waals surface area contributed by atoms with Gasteiger partial charge in [0, 0.05) is 30.0 Å². The van der Waals surface area contributed by atoms with E-state index in [0.717, 1.165) is 28.9 Å². The van der Waals surface area contributed by atoms with Crippen LogP contribution in [0.4, 0.5) is 0 Å². The van der Waals surface area contributed by atoms with E-state index in [1.54, 1.807) is 0 Å². The van der Waals surface area contributed by atoms with Crippen molar-refractivity contribution in [2.45, 2.75) is 13.1 Å². The van der Waals surface area contributed by atoms with Gasteiger partial charge in [0.2, 0.25) is 0 Å². The van der Waals surface area contributed by atoms with Gasteiger partial charge in [-0.3, -0.25) is 0 Å². The van der Waals surface area contributed by atoms with Crippen LogP contribution in [0, 0.1) is 0 Å². The highest BCUT2D eigenvalue weighted by atomic mass is 79.9. The topological polar surface area (TPSA) is 29.3 Å². The second kappa shape index (κ2) is 5.95. The summed E-state index contributed by atoms with van der Waals surface area (Å²) in [5, 5.41) is 4.10. The maximum Gasteiger partial charge on any atom is 0.137 e. The fourth-order valence-corrected chi connectivity index (χ4v) is 2.70. The molecule has 0 unspecified atom stereocenters. The third-order valence-electron chi connectivity index (χ3n) is 2.99. The zero-order valence-corrected chi connectivity index (χ0v) is 13.0. The molecule has 5 heteroatoms. The Balaban J connectivity index is 1.65. The van der Waals surface area contributed by atoms with Gasteiger partial charge in [0.1, 0.15) is 5.65 Å². The largest absolute Gasteiger partial charge is 0.307 e. The predicted octanol–water partition coefficient (Wildman–Crippen LogP) is 4.04. The standard InChI is InChI=1S/C15H13BrClN3/c16-12-3-1-2-11(6-12)7-18-8-14-10-20-9-13(17)4-5-15(20)19-14/h1-6,9-10,18H,7-8H2. The lowest BCUT2D eigenvalue weighted by Gasteiger charge is -2.03. The summed E-state index contributed by atoms with van der Waals surface area (Å²) >= 11 is 9.43. The van der Waals surface area contributed by atoms with Gasteiger partial charge in [0.25, 0.3) is 0 Å². The third kappa shape index (κ3) is 3.20. The van der Waals surface area contributed by atoms with E-state index < -0.39 is 0 Å². The molecule has 3 rings (SSSR count). The number of hydrogen-bond donors (Lipinski definition) is 1. The summed E-state index contributed by atoms with van der Waals surface area (Å²) in [6.45, 7) is 1.54. The van der Waals surface area contributed by atoms with Crippen molar-refractivity contribution < 1.29 is 0 Å². The maximum absolute atomic E-state index is 5.96. The molecule has 0 saturated heterocycles. The Labute approximate surface area is 130 Å². The number of imidazole rings is 1. The molecule has 3 aromatic rings. The van der Waals surface area contributed by atoms with Crippen LogP contribution in [0.15, 0.2) is 53.3 Å². The number of benzene rings is 1. The highest BCUT2D eigenvalue weighted by Crippen LogP contribution is 2.13. The molecule has 1 N–H and O–H groups in total. The first-order valence-corrected chi connectivity index (χ1v) is 7.46. The minimum Gasteiger partial charge on any atom is -0.307 e. The molecule has 2 aromatic heterocycles. The summed E-state index contributed by atoms with van der Waals surface area (Å²) in [5.41, 5.74) is 3.15. The normalized spacial score (nSPS) is 11.1. The van der Waals surface area contributed by atoms with Gasteiger partial charge in [-0.15, -0.1) is 0 Å². The fraction of sp³-hybridized carbons (Fsp3) is 0.133. The van der Waals surface area contributed by atoms with E-state index in [1.807, 2.05) is 41.1 Å². The molecule has 0 fully saturated rings. The average molecular weight is 351 g/mol. The Morgan fingerprint density at radius 2 is 2.05 bits per heavy atom. The molecule has 0 atom stereocenters. The number of nitrogens with zero attached hydrogens (tertiary/aromatic N) is 2. The Kier molecular flexibility index (Phi) is 4.05. The van der Waals surface area contributed by atoms with Crippen molar-refractivity contribution in [2.75, 3.05) is 0 Å². The summed E-state index contributed by atoms with van der Waals surface area (Å²) < 4.78 is 3.04. The molecular formula is C15H13BrClN3. The number of rotatable bonds is 4. The molecule has 0 aliphatic carbocycles. The molecule has 1 aromatic carbocycles. The van der Waals surface area contributed by atoms with Crippen LogP contribution >= 0.6 is 27.5 Å². The summed E-state index contributed by atoms with van der Waals surface area (Å²) in [6.07, 6.45) is 3.86. The Morgan fingerprint density at radius 1 is 1.15 bits per heavy atom. The number of nitrogens with one attached hydrogen (secondary N) is 1. The van der Waals surface area contributed by atoms with Crippen molar-refractivity contribution in [3.63, 3.8) is 0 Å². The van der Waals surface area contributed by atoms with Crippen LogP contribution in [0.2, 0.25) is 5.02 Å². The average Bonchev–Trinajstić information content (AvgIpc) is 2.80. The van der Waals surface area contributed by atoms with Gasteiger partial charge in [-0.05, 0) is 29.8 Å². The van der Waals surface area contributed by atoms with Crippen LogP contribution in [0.3, 0.4) is 0 Å². The smallest absolute Gasteiger partial charge is 0.137 e. The lowest BCUT2D eigenvalue weighted by atomic mass is 10.2. The van der Waals surface area contributed by atoms with Crippen molar-refractivity contribution >= 4 is 33.2 Å². The number of pyridine rings is 1. The summed E-state index contributed by atoms with van der Waals surface area (Å²) in [5.74, 6) is 0. The number of halogens is 2. The quantitative estimate of drug-likeness (QED) is 0.769. The summed E-state index contributed by atoms with van der Waals surface area (Å²) in [4.78, 5) is 4.54.